The summed E-state index contributed by atoms with van der Waals surface area (Å²) in [5.41, 5.74) is 0. The summed E-state index contributed by atoms with van der Waals surface area (Å²) in [6.07, 6.45) is 4.85. The van der Waals surface area contributed by atoms with Gasteiger partial charge >= 0.3 is 12.0 Å². The minimum Gasteiger partial charge on any atom is -0.467 e. The highest BCUT2D eigenvalue weighted by Crippen LogP contribution is 2.22. The maximum absolute atomic E-state index is 4.98. The lowest BCUT2D eigenvalue weighted by molar-refractivity contribution is 0.341. The van der Waals surface area contributed by atoms with Gasteiger partial charge in [0, 0.05) is 6.04 Å². The molecule has 1 aromatic rings. The molecule has 1 fully saturated rings. The molecule has 0 aliphatic heterocycles. The number of aromatic nitrogens is 3. The number of rotatable bonds is 4. The summed E-state index contributed by atoms with van der Waals surface area (Å²) >= 11 is 0. The Morgan fingerprint density at radius 3 is 2.06 bits per heavy atom. The smallest absolute Gasteiger partial charge is 0.324 e. The molecule has 1 N–H and O–H groups in total. The van der Waals surface area contributed by atoms with Gasteiger partial charge in [0.15, 0.2) is 0 Å². The highest BCUT2D eigenvalue weighted by Gasteiger charge is 2.17. The van der Waals surface area contributed by atoms with Crippen LogP contribution in [0.5, 0.6) is 12.0 Å². The van der Waals surface area contributed by atoms with Crippen LogP contribution in [-0.4, -0.2) is 35.2 Å². The molecule has 88 valence electrons. The van der Waals surface area contributed by atoms with E-state index in [0.29, 0.717) is 12.0 Å². The van der Waals surface area contributed by atoms with E-state index in [4.69, 9.17) is 9.47 Å². The van der Waals surface area contributed by atoms with Crippen molar-refractivity contribution in [3.63, 3.8) is 0 Å². The van der Waals surface area contributed by atoms with Crippen LogP contribution < -0.4 is 14.8 Å². The second-order valence-electron chi connectivity index (χ2n) is 3.76. The van der Waals surface area contributed by atoms with Crippen molar-refractivity contribution in [2.45, 2.75) is 31.7 Å². The van der Waals surface area contributed by atoms with Gasteiger partial charge in [-0.25, -0.2) is 0 Å². The van der Waals surface area contributed by atoms with Crippen molar-refractivity contribution in [2.75, 3.05) is 19.5 Å². The van der Waals surface area contributed by atoms with Crippen LogP contribution in [0.2, 0.25) is 0 Å². The molecule has 0 amide bonds. The van der Waals surface area contributed by atoms with Gasteiger partial charge in [-0.3, -0.25) is 0 Å². The van der Waals surface area contributed by atoms with E-state index in [1.165, 1.54) is 27.1 Å². The van der Waals surface area contributed by atoms with E-state index in [1.807, 2.05) is 0 Å². The number of hydrogen-bond donors (Lipinski definition) is 1. The Morgan fingerprint density at radius 1 is 1.00 bits per heavy atom. The first-order valence-electron chi connectivity index (χ1n) is 5.42. The molecule has 0 saturated heterocycles. The summed E-state index contributed by atoms with van der Waals surface area (Å²) < 4.78 is 9.96. The molecule has 6 nitrogen and oxygen atoms in total. The first kappa shape index (κ1) is 10.9. The van der Waals surface area contributed by atoms with Crippen LogP contribution in [0.1, 0.15) is 25.7 Å². The number of methoxy groups -OCH3 is 2. The Kier molecular flexibility index (Phi) is 3.38. The van der Waals surface area contributed by atoms with Crippen molar-refractivity contribution in [3.8, 4) is 12.0 Å². The lowest BCUT2D eigenvalue weighted by Crippen LogP contribution is -2.17. The highest BCUT2D eigenvalue weighted by molar-refractivity contribution is 5.29. The normalized spacial score (nSPS) is 16.1. The summed E-state index contributed by atoms with van der Waals surface area (Å²) in [6.45, 7) is 0. The van der Waals surface area contributed by atoms with Crippen LogP contribution >= 0.6 is 0 Å². The molecule has 2 rings (SSSR count). The summed E-state index contributed by atoms with van der Waals surface area (Å²) in [5, 5.41) is 3.27. The van der Waals surface area contributed by atoms with Crippen molar-refractivity contribution in [2.24, 2.45) is 0 Å². The molecule has 0 spiro atoms. The van der Waals surface area contributed by atoms with Crippen LogP contribution in [0.25, 0.3) is 0 Å². The van der Waals surface area contributed by atoms with Crippen molar-refractivity contribution >= 4 is 5.95 Å². The van der Waals surface area contributed by atoms with Crippen LogP contribution in [0.4, 0.5) is 5.95 Å². The second-order valence-corrected chi connectivity index (χ2v) is 3.76. The standard InChI is InChI=1S/C10H16N4O2/c1-15-9-12-8(13-10(14-9)16-2)11-7-5-3-4-6-7/h7H,3-6H2,1-2H3,(H,11,12,13,14). The minimum absolute atomic E-state index is 0.271. The quantitative estimate of drug-likeness (QED) is 0.829. The number of nitrogens with one attached hydrogen (secondary N) is 1. The Morgan fingerprint density at radius 2 is 1.56 bits per heavy atom. The minimum atomic E-state index is 0.271. The Hall–Kier alpha value is -1.59. The summed E-state index contributed by atoms with van der Waals surface area (Å²) in [5.74, 6) is 0.524. The van der Waals surface area contributed by atoms with Gasteiger partial charge in [0.25, 0.3) is 0 Å². The molecular weight excluding hydrogens is 208 g/mol. The van der Waals surface area contributed by atoms with E-state index in [0.717, 1.165) is 12.8 Å². The van der Waals surface area contributed by atoms with Gasteiger partial charge in [0.1, 0.15) is 0 Å². The zero-order valence-corrected chi connectivity index (χ0v) is 9.56. The van der Waals surface area contributed by atoms with Crippen molar-refractivity contribution in [1.29, 1.82) is 0 Å². The van der Waals surface area contributed by atoms with Crippen molar-refractivity contribution in [1.82, 2.24) is 15.0 Å². The maximum Gasteiger partial charge on any atom is 0.324 e. The third kappa shape index (κ3) is 2.50. The number of anilines is 1. The maximum atomic E-state index is 4.98. The van der Waals surface area contributed by atoms with E-state index >= 15 is 0 Å². The van der Waals surface area contributed by atoms with Gasteiger partial charge in [-0.05, 0) is 12.8 Å². The molecule has 1 aliphatic carbocycles. The van der Waals surface area contributed by atoms with Crippen molar-refractivity contribution in [3.05, 3.63) is 0 Å². The Bertz CT molecular complexity index is 330. The monoisotopic (exact) mass is 224 g/mol. The Labute approximate surface area is 94.4 Å². The lowest BCUT2D eigenvalue weighted by Gasteiger charge is -2.12. The first-order chi connectivity index (χ1) is 7.81. The second kappa shape index (κ2) is 4.96. The van der Waals surface area contributed by atoms with Crippen LogP contribution in [0, 0.1) is 0 Å². The first-order valence-corrected chi connectivity index (χ1v) is 5.42. The van der Waals surface area contributed by atoms with Crippen LogP contribution in [0.3, 0.4) is 0 Å². The molecule has 1 aromatic heterocycles. The predicted molar refractivity (Wildman–Crippen MR) is 58.8 cm³/mol. The predicted octanol–water partition coefficient (Wildman–Crippen LogP) is 1.24. The molecule has 16 heavy (non-hydrogen) atoms. The molecule has 1 heterocycles. The van der Waals surface area contributed by atoms with Crippen molar-refractivity contribution < 1.29 is 9.47 Å². The van der Waals surface area contributed by atoms with Gasteiger partial charge in [0.05, 0.1) is 14.2 Å². The molecule has 1 saturated carbocycles. The molecule has 0 atom stereocenters. The molecule has 0 unspecified atom stereocenters. The number of ether oxygens (including phenoxy) is 2. The van der Waals surface area contributed by atoms with E-state index < -0.39 is 0 Å². The fourth-order valence-electron chi connectivity index (χ4n) is 1.84. The van der Waals surface area contributed by atoms with Gasteiger partial charge in [-0.1, -0.05) is 12.8 Å². The summed E-state index contributed by atoms with van der Waals surface area (Å²) in [6, 6.07) is 0.997. The average Bonchev–Trinajstić information content (AvgIpc) is 2.81. The molecule has 0 bridgehead atoms. The molecular formula is C10H16N4O2. The van der Waals surface area contributed by atoms with Gasteiger partial charge in [-0.15, -0.1) is 4.98 Å². The topological polar surface area (TPSA) is 69.2 Å². The van der Waals surface area contributed by atoms with E-state index in [9.17, 15) is 0 Å². The summed E-state index contributed by atoms with van der Waals surface area (Å²) in [4.78, 5) is 12.2. The SMILES string of the molecule is COc1nc(NC2CCCC2)nc(OC)n1. The van der Waals surface area contributed by atoms with Gasteiger partial charge in [0.2, 0.25) is 5.95 Å². The zero-order valence-electron chi connectivity index (χ0n) is 9.56. The van der Waals surface area contributed by atoms with E-state index in [1.54, 1.807) is 0 Å². The van der Waals surface area contributed by atoms with Gasteiger partial charge < -0.3 is 14.8 Å². The molecule has 6 heteroatoms. The Balaban J connectivity index is 2.12. The van der Waals surface area contributed by atoms with Gasteiger partial charge in [-0.2, -0.15) is 9.97 Å². The lowest BCUT2D eigenvalue weighted by atomic mass is 10.3. The number of nitrogens with zero attached hydrogens (tertiary/aromatic N) is 3. The molecule has 1 aliphatic rings. The third-order valence-corrected chi connectivity index (χ3v) is 2.65. The zero-order chi connectivity index (χ0) is 11.4. The molecule has 0 radical (unpaired) electrons. The molecule has 0 aromatic carbocycles. The number of hydrogen-bond acceptors (Lipinski definition) is 6. The van der Waals surface area contributed by atoms with E-state index in [2.05, 4.69) is 20.3 Å². The average molecular weight is 224 g/mol. The largest absolute Gasteiger partial charge is 0.467 e. The van der Waals surface area contributed by atoms with Crippen LogP contribution in [-0.2, 0) is 0 Å². The third-order valence-electron chi connectivity index (χ3n) is 2.65. The van der Waals surface area contributed by atoms with Crippen LogP contribution in [0.15, 0.2) is 0 Å². The highest BCUT2D eigenvalue weighted by atomic mass is 16.5. The van der Waals surface area contributed by atoms with E-state index in [-0.39, 0.29) is 12.0 Å². The summed E-state index contributed by atoms with van der Waals surface area (Å²) in [7, 11) is 3.04. The fraction of sp³-hybridized carbons (Fsp3) is 0.700. The fourth-order valence-corrected chi connectivity index (χ4v) is 1.84.